The first kappa shape index (κ1) is 13.5. The largest absolute Gasteiger partial charge is 0.476 e. The molecular formula is C12H17N5OS. The fourth-order valence-corrected chi connectivity index (χ4v) is 2.21. The average Bonchev–Trinajstić information content (AvgIpc) is 2.82. The first-order valence-corrected chi connectivity index (χ1v) is 6.96. The number of rotatable bonds is 6. The minimum absolute atomic E-state index is 0.431. The number of ether oxygens (including phenoxy) is 1. The smallest absolute Gasteiger partial charge is 0.242 e. The van der Waals surface area contributed by atoms with Gasteiger partial charge in [0, 0.05) is 4.88 Å². The zero-order chi connectivity index (χ0) is 13.7. The number of nitrogens with zero attached hydrogens (tertiary/aromatic N) is 3. The zero-order valence-electron chi connectivity index (χ0n) is 11.0. The monoisotopic (exact) mass is 279 g/mol. The van der Waals surface area contributed by atoms with Crippen LogP contribution in [0.25, 0.3) is 0 Å². The number of nitrogens with one attached hydrogen (secondary N) is 1. The van der Waals surface area contributed by atoms with Crippen molar-refractivity contribution < 1.29 is 4.74 Å². The molecule has 3 N–H and O–H groups in total. The van der Waals surface area contributed by atoms with E-state index >= 15 is 0 Å². The van der Waals surface area contributed by atoms with Crippen LogP contribution in [-0.2, 0) is 6.54 Å². The van der Waals surface area contributed by atoms with Crippen LogP contribution in [0.4, 0.5) is 11.5 Å². The summed E-state index contributed by atoms with van der Waals surface area (Å²) in [6, 6.07) is 0. The number of aromatic nitrogens is 3. The maximum Gasteiger partial charge on any atom is 0.242 e. The highest BCUT2D eigenvalue weighted by Crippen LogP contribution is 2.25. The summed E-state index contributed by atoms with van der Waals surface area (Å²) in [7, 11) is 0. The fourth-order valence-electron chi connectivity index (χ4n) is 1.49. The lowest BCUT2D eigenvalue weighted by Crippen LogP contribution is -2.08. The van der Waals surface area contributed by atoms with Gasteiger partial charge in [0.2, 0.25) is 5.88 Å². The van der Waals surface area contributed by atoms with Crippen LogP contribution in [0.1, 0.15) is 23.9 Å². The van der Waals surface area contributed by atoms with E-state index in [0.717, 1.165) is 17.0 Å². The van der Waals surface area contributed by atoms with E-state index in [1.807, 2.05) is 19.4 Å². The van der Waals surface area contributed by atoms with Gasteiger partial charge in [-0.25, -0.2) is 9.97 Å². The summed E-state index contributed by atoms with van der Waals surface area (Å²) in [5.41, 5.74) is 9.27. The number of aryl methyl sites for hydroxylation is 1. The Balaban J connectivity index is 2.06. The van der Waals surface area contributed by atoms with Crippen molar-refractivity contribution in [2.24, 2.45) is 0 Å². The van der Waals surface area contributed by atoms with E-state index in [9.17, 15) is 0 Å². The Hall–Kier alpha value is -1.89. The standard InChI is InChI=1S/C12H17N5OS/c1-3-4-18-12-10(13)11(15-6-16-12)14-5-9-8(2)17-7-19-9/h6-7H,3-5,13H2,1-2H3,(H,14,15,16). The molecule has 2 aromatic heterocycles. The lowest BCUT2D eigenvalue weighted by atomic mass is 10.4. The molecule has 2 rings (SSSR count). The van der Waals surface area contributed by atoms with Crippen LogP contribution in [-0.4, -0.2) is 21.6 Å². The molecule has 2 heterocycles. The fraction of sp³-hybridized carbons (Fsp3) is 0.417. The van der Waals surface area contributed by atoms with Gasteiger partial charge in [-0.2, -0.15) is 4.98 Å². The summed E-state index contributed by atoms with van der Waals surface area (Å²) < 4.78 is 5.46. The minimum atomic E-state index is 0.431. The summed E-state index contributed by atoms with van der Waals surface area (Å²) in [6.45, 7) is 5.25. The molecule has 102 valence electrons. The van der Waals surface area contributed by atoms with Gasteiger partial charge in [0.25, 0.3) is 0 Å². The van der Waals surface area contributed by atoms with Crippen molar-refractivity contribution in [2.75, 3.05) is 17.7 Å². The molecule has 6 nitrogen and oxygen atoms in total. The highest BCUT2D eigenvalue weighted by molar-refractivity contribution is 7.09. The second kappa shape index (κ2) is 6.33. The summed E-state index contributed by atoms with van der Waals surface area (Å²) in [5, 5.41) is 3.19. The number of hydrogen-bond acceptors (Lipinski definition) is 7. The molecule has 0 unspecified atom stereocenters. The first-order valence-electron chi connectivity index (χ1n) is 6.08. The van der Waals surface area contributed by atoms with Crippen molar-refractivity contribution in [3.05, 3.63) is 22.4 Å². The number of nitrogens with two attached hydrogens (primary N) is 1. The highest BCUT2D eigenvalue weighted by atomic mass is 32.1. The molecule has 0 bridgehead atoms. The van der Waals surface area contributed by atoms with Crippen molar-refractivity contribution >= 4 is 22.8 Å². The molecular weight excluding hydrogens is 262 g/mol. The van der Waals surface area contributed by atoms with E-state index in [-0.39, 0.29) is 0 Å². The van der Waals surface area contributed by atoms with Crippen LogP contribution in [0, 0.1) is 6.92 Å². The number of hydrogen-bond donors (Lipinski definition) is 2. The van der Waals surface area contributed by atoms with Crippen molar-refractivity contribution in [2.45, 2.75) is 26.8 Å². The lowest BCUT2D eigenvalue weighted by molar-refractivity contribution is 0.306. The first-order chi connectivity index (χ1) is 9.22. The molecule has 7 heteroatoms. The number of anilines is 2. The maximum absolute atomic E-state index is 5.98. The van der Waals surface area contributed by atoms with E-state index in [4.69, 9.17) is 10.5 Å². The van der Waals surface area contributed by atoms with Gasteiger partial charge in [-0.05, 0) is 13.3 Å². The predicted octanol–water partition coefficient (Wildman–Crippen LogP) is 2.22. The third-order valence-corrected chi connectivity index (χ3v) is 3.49. The van der Waals surface area contributed by atoms with Crippen LogP contribution in [0.3, 0.4) is 0 Å². The average molecular weight is 279 g/mol. The summed E-state index contributed by atoms with van der Waals surface area (Å²) >= 11 is 1.60. The molecule has 0 saturated heterocycles. The number of thiazole rings is 1. The van der Waals surface area contributed by atoms with Crippen molar-refractivity contribution in [1.29, 1.82) is 0 Å². The van der Waals surface area contributed by atoms with Gasteiger partial charge >= 0.3 is 0 Å². The molecule has 0 atom stereocenters. The second-order valence-corrected chi connectivity index (χ2v) is 4.94. The van der Waals surface area contributed by atoms with Crippen molar-refractivity contribution in [3.63, 3.8) is 0 Å². The van der Waals surface area contributed by atoms with E-state index in [2.05, 4.69) is 20.3 Å². The van der Waals surface area contributed by atoms with E-state index < -0.39 is 0 Å². The van der Waals surface area contributed by atoms with E-state index in [1.54, 1.807) is 11.3 Å². The topological polar surface area (TPSA) is 86.0 Å². The summed E-state index contributed by atoms with van der Waals surface area (Å²) in [5.74, 6) is 1.02. The SMILES string of the molecule is CCCOc1ncnc(NCc2scnc2C)c1N. The Kier molecular flexibility index (Phi) is 4.51. The van der Waals surface area contributed by atoms with E-state index in [0.29, 0.717) is 30.5 Å². The van der Waals surface area contributed by atoms with Crippen LogP contribution >= 0.6 is 11.3 Å². The van der Waals surface area contributed by atoms with Gasteiger partial charge in [0.05, 0.1) is 24.4 Å². The molecule has 2 aromatic rings. The quantitative estimate of drug-likeness (QED) is 0.843. The number of nitrogen functional groups attached to an aromatic ring is 1. The Morgan fingerprint density at radius 2 is 2.21 bits per heavy atom. The van der Waals surface area contributed by atoms with Gasteiger partial charge in [0.1, 0.15) is 12.0 Å². The Labute approximate surface area is 116 Å². The molecule has 0 aliphatic carbocycles. The Morgan fingerprint density at radius 1 is 1.37 bits per heavy atom. The minimum Gasteiger partial charge on any atom is -0.476 e. The summed E-state index contributed by atoms with van der Waals surface area (Å²) in [4.78, 5) is 13.5. The molecule has 0 aliphatic rings. The third kappa shape index (κ3) is 3.31. The molecule has 0 spiro atoms. The van der Waals surface area contributed by atoms with Crippen molar-refractivity contribution in [3.8, 4) is 5.88 Å². The molecule has 0 radical (unpaired) electrons. The highest BCUT2D eigenvalue weighted by Gasteiger charge is 2.09. The lowest BCUT2D eigenvalue weighted by Gasteiger charge is -2.11. The summed E-state index contributed by atoms with van der Waals surface area (Å²) in [6.07, 6.45) is 2.36. The van der Waals surface area contributed by atoms with Crippen molar-refractivity contribution in [1.82, 2.24) is 15.0 Å². The molecule has 0 amide bonds. The normalized spacial score (nSPS) is 10.4. The maximum atomic E-state index is 5.98. The molecule has 0 aromatic carbocycles. The van der Waals surface area contributed by atoms with Crippen LogP contribution < -0.4 is 15.8 Å². The van der Waals surface area contributed by atoms with E-state index in [1.165, 1.54) is 6.33 Å². The zero-order valence-corrected chi connectivity index (χ0v) is 11.8. The van der Waals surface area contributed by atoms with Gasteiger partial charge in [-0.1, -0.05) is 6.92 Å². The predicted molar refractivity (Wildman–Crippen MR) is 76.4 cm³/mol. The van der Waals surface area contributed by atoms with Gasteiger partial charge < -0.3 is 15.8 Å². The van der Waals surface area contributed by atoms with Crippen LogP contribution in [0.5, 0.6) is 5.88 Å². The third-order valence-electron chi connectivity index (χ3n) is 2.55. The van der Waals surface area contributed by atoms with Gasteiger partial charge in [-0.15, -0.1) is 11.3 Å². The molecule has 0 aliphatic heterocycles. The van der Waals surface area contributed by atoms with Crippen LogP contribution in [0.2, 0.25) is 0 Å². The molecule has 19 heavy (non-hydrogen) atoms. The molecule has 0 fully saturated rings. The van der Waals surface area contributed by atoms with Gasteiger partial charge in [-0.3, -0.25) is 0 Å². The Morgan fingerprint density at radius 3 is 2.89 bits per heavy atom. The molecule has 0 saturated carbocycles. The second-order valence-electron chi connectivity index (χ2n) is 4.00. The van der Waals surface area contributed by atoms with Gasteiger partial charge in [0.15, 0.2) is 5.82 Å². The Bertz CT molecular complexity index is 543. The van der Waals surface area contributed by atoms with Crippen LogP contribution in [0.15, 0.2) is 11.8 Å².